The summed E-state index contributed by atoms with van der Waals surface area (Å²) in [7, 11) is 0. The zero-order valence-corrected chi connectivity index (χ0v) is 10.8. The molecule has 1 aliphatic rings. The molecule has 5 heteroatoms. The fourth-order valence-electron chi connectivity index (χ4n) is 2.19. The molecule has 1 aromatic heterocycles. The van der Waals surface area contributed by atoms with Gasteiger partial charge in [-0.15, -0.1) is 0 Å². The summed E-state index contributed by atoms with van der Waals surface area (Å²) in [5.41, 5.74) is 0.0468. The molecule has 3 rings (SSSR count). The van der Waals surface area contributed by atoms with Gasteiger partial charge < -0.3 is 13.9 Å². The number of hydrogen-bond acceptors (Lipinski definition) is 5. The quantitative estimate of drug-likeness (QED) is 0.622. The fraction of sp³-hybridized carbons (Fsp3) is 0.333. The first-order valence-corrected chi connectivity index (χ1v) is 6.61. The highest BCUT2D eigenvalue weighted by Gasteiger charge is 2.19. The number of fused-ring (bicyclic) bond motifs is 1. The van der Waals surface area contributed by atoms with E-state index < -0.39 is 11.9 Å². The first kappa shape index (κ1) is 12.7. The summed E-state index contributed by atoms with van der Waals surface area (Å²) in [5.74, 6) is 0.284. The van der Waals surface area contributed by atoms with Gasteiger partial charge in [-0.3, -0.25) is 4.79 Å². The summed E-state index contributed by atoms with van der Waals surface area (Å²) >= 11 is 0. The third-order valence-corrected chi connectivity index (χ3v) is 3.20. The van der Waals surface area contributed by atoms with Crippen molar-refractivity contribution in [2.75, 3.05) is 0 Å². The van der Waals surface area contributed by atoms with Crippen LogP contribution < -0.4 is 10.4 Å². The van der Waals surface area contributed by atoms with Gasteiger partial charge in [0.1, 0.15) is 11.3 Å². The number of benzene rings is 1. The van der Waals surface area contributed by atoms with Crippen molar-refractivity contribution in [1.29, 1.82) is 0 Å². The van der Waals surface area contributed by atoms with Crippen molar-refractivity contribution in [3.63, 3.8) is 0 Å². The lowest BCUT2D eigenvalue weighted by Crippen LogP contribution is -2.22. The minimum Gasteiger partial charge on any atom is -0.455 e. The van der Waals surface area contributed by atoms with E-state index in [0.29, 0.717) is 24.2 Å². The molecule has 2 heterocycles. The number of carbonyl (C=O) groups is 1. The number of cyclic esters (lactones) is 1. The normalized spacial score (nSPS) is 19.4. The maximum atomic E-state index is 11.4. The minimum atomic E-state index is -0.571. The largest absolute Gasteiger partial charge is 0.455 e. The Morgan fingerprint density at radius 1 is 1.10 bits per heavy atom. The molecule has 1 unspecified atom stereocenters. The van der Waals surface area contributed by atoms with E-state index in [1.807, 2.05) is 0 Å². The van der Waals surface area contributed by atoms with Gasteiger partial charge in [0, 0.05) is 30.4 Å². The van der Waals surface area contributed by atoms with E-state index in [9.17, 15) is 9.59 Å². The molecule has 0 aliphatic carbocycles. The lowest BCUT2D eigenvalue weighted by Gasteiger charge is -2.17. The van der Waals surface area contributed by atoms with Gasteiger partial charge in [-0.2, -0.15) is 0 Å². The van der Waals surface area contributed by atoms with Crippen molar-refractivity contribution in [2.24, 2.45) is 0 Å². The maximum Gasteiger partial charge on any atom is 0.336 e. The molecule has 0 saturated carbocycles. The lowest BCUT2D eigenvalue weighted by atomic mass is 10.2. The lowest BCUT2D eigenvalue weighted by molar-refractivity contribution is -0.161. The molecule has 1 fully saturated rings. The molecule has 5 nitrogen and oxygen atoms in total. The van der Waals surface area contributed by atoms with Gasteiger partial charge in [0.25, 0.3) is 0 Å². The van der Waals surface area contributed by atoms with Crippen molar-refractivity contribution in [3.8, 4) is 5.75 Å². The molecule has 1 atom stereocenters. The van der Waals surface area contributed by atoms with Crippen molar-refractivity contribution in [1.82, 2.24) is 0 Å². The van der Waals surface area contributed by atoms with Crippen molar-refractivity contribution in [3.05, 3.63) is 40.8 Å². The summed E-state index contributed by atoms with van der Waals surface area (Å²) in [6.45, 7) is 0. The molecule has 0 spiro atoms. The number of carbonyl (C=O) groups excluding carboxylic acids is 1. The number of hydrogen-bond donors (Lipinski definition) is 0. The van der Waals surface area contributed by atoms with Gasteiger partial charge in [-0.1, -0.05) is 0 Å². The molecule has 2 aromatic rings. The van der Waals surface area contributed by atoms with Crippen LogP contribution in [0.25, 0.3) is 11.0 Å². The first-order valence-electron chi connectivity index (χ1n) is 6.61. The van der Waals surface area contributed by atoms with Crippen LogP contribution in [0.4, 0.5) is 0 Å². The molecule has 20 heavy (non-hydrogen) atoms. The monoisotopic (exact) mass is 274 g/mol. The van der Waals surface area contributed by atoms with Crippen molar-refractivity contribution >= 4 is 16.9 Å². The third-order valence-electron chi connectivity index (χ3n) is 3.20. The molecule has 0 bridgehead atoms. The molecule has 0 radical (unpaired) electrons. The van der Waals surface area contributed by atoms with Crippen LogP contribution >= 0.6 is 0 Å². The molecule has 0 amide bonds. The molecule has 104 valence electrons. The van der Waals surface area contributed by atoms with Crippen LogP contribution in [0.5, 0.6) is 5.75 Å². The minimum absolute atomic E-state index is 0.236. The average molecular weight is 274 g/mol. The second-order valence-corrected chi connectivity index (χ2v) is 4.74. The van der Waals surface area contributed by atoms with Crippen LogP contribution in [-0.2, 0) is 9.53 Å². The van der Waals surface area contributed by atoms with E-state index in [2.05, 4.69) is 0 Å². The van der Waals surface area contributed by atoms with Crippen molar-refractivity contribution in [2.45, 2.75) is 32.0 Å². The summed E-state index contributed by atoms with van der Waals surface area (Å²) in [6, 6.07) is 8.26. The Morgan fingerprint density at radius 3 is 2.85 bits per heavy atom. The topological polar surface area (TPSA) is 65.7 Å². The second kappa shape index (κ2) is 5.36. The highest BCUT2D eigenvalue weighted by atomic mass is 16.7. The molecule has 1 aromatic carbocycles. The van der Waals surface area contributed by atoms with E-state index in [4.69, 9.17) is 13.9 Å². The Balaban J connectivity index is 1.83. The molecular weight excluding hydrogens is 260 g/mol. The van der Waals surface area contributed by atoms with Crippen LogP contribution in [0.15, 0.2) is 39.5 Å². The highest BCUT2D eigenvalue weighted by Crippen LogP contribution is 2.23. The third kappa shape index (κ3) is 2.82. The Kier molecular flexibility index (Phi) is 3.41. The van der Waals surface area contributed by atoms with E-state index in [0.717, 1.165) is 18.2 Å². The number of esters is 1. The average Bonchev–Trinajstić information content (AvgIpc) is 2.62. The molecule has 0 N–H and O–H groups in total. The summed E-state index contributed by atoms with van der Waals surface area (Å²) in [5, 5.41) is 0.815. The van der Waals surface area contributed by atoms with Crippen LogP contribution in [-0.4, -0.2) is 12.3 Å². The van der Waals surface area contributed by atoms with Crippen molar-refractivity contribution < 1.29 is 18.7 Å². The number of ether oxygens (including phenoxy) is 2. The summed E-state index contributed by atoms with van der Waals surface area (Å²) < 4.78 is 15.9. The zero-order valence-electron chi connectivity index (χ0n) is 10.8. The Morgan fingerprint density at radius 2 is 1.95 bits per heavy atom. The van der Waals surface area contributed by atoms with E-state index in [-0.39, 0.29) is 5.97 Å². The van der Waals surface area contributed by atoms with Gasteiger partial charge in [0.05, 0.1) is 0 Å². The van der Waals surface area contributed by atoms with Gasteiger partial charge in [-0.05, 0) is 31.0 Å². The van der Waals surface area contributed by atoms with Gasteiger partial charge in [-0.25, -0.2) is 4.79 Å². The number of rotatable bonds is 2. The highest BCUT2D eigenvalue weighted by molar-refractivity contribution is 5.77. The Hall–Kier alpha value is -2.30. The fourth-order valence-corrected chi connectivity index (χ4v) is 2.19. The predicted octanol–water partition coefficient (Wildman–Crippen LogP) is 2.62. The summed E-state index contributed by atoms with van der Waals surface area (Å²) in [6.07, 6.45) is 2.25. The first-order chi connectivity index (χ1) is 9.70. The SMILES string of the molecule is O=C1CCCCC(Oc2ccc3ccc(=O)oc3c2)O1. The van der Waals surface area contributed by atoms with Gasteiger partial charge in [0.2, 0.25) is 6.29 Å². The Bertz CT molecular complexity index is 688. The second-order valence-electron chi connectivity index (χ2n) is 4.74. The van der Waals surface area contributed by atoms with E-state index in [1.165, 1.54) is 6.07 Å². The van der Waals surface area contributed by atoms with Crippen LogP contribution in [0.2, 0.25) is 0 Å². The summed E-state index contributed by atoms with van der Waals surface area (Å²) in [4.78, 5) is 22.6. The van der Waals surface area contributed by atoms with Crippen LogP contribution in [0, 0.1) is 0 Å². The standard InChI is InChI=1S/C15H14O5/c16-13-3-1-2-4-15(20-13)18-11-7-5-10-6-8-14(17)19-12(10)9-11/h5-9,15H,1-4H2. The molecular formula is C15H14O5. The Labute approximate surface area is 115 Å². The molecule has 1 saturated heterocycles. The van der Waals surface area contributed by atoms with E-state index >= 15 is 0 Å². The van der Waals surface area contributed by atoms with Gasteiger partial charge >= 0.3 is 11.6 Å². The van der Waals surface area contributed by atoms with Crippen LogP contribution in [0.1, 0.15) is 25.7 Å². The van der Waals surface area contributed by atoms with Crippen LogP contribution in [0.3, 0.4) is 0 Å². The van der Waals surface area contributed by atoms with E-state index in [1.54, 1.807) is 24.3 Å². The van der Waals surface area contributed by atoms with Gasteiger partial charge in [0.15, 0.2) is 0 Å². The zero-order chi connectivity index (χ0) is 13.9. The smallest absolute Gasteiger partial charge is 0.336 e. The maximum absolute atomic E-state index is 11.4. The predicted molar refractivity (Wildman–Crippen MR) is 71.5 cm³/mol. The molecule has 1 aliphatic heterocycles.